The van der Waals surface area contributed by atoms with Gasteiger partial charge in [-0.15, -0.1) is 10.2 Å². The molecule has 0 aliphatic heterocycles. The molecule has 2 aromatic carbocycles. The van der Waals surface area contributed by atoms with E-state index in [2.05, 4.69) is 34.3 Å². The van der Waals surface area contributed by atoms with Crippen molar-refractivity contribution in [2.24, 2.45) is 10.2 Å². The molecule has 4 heteroatoms. The van der Waals surface area contributed by atoms with Crippen molar-refractivity contribution < 1.29 is 0 Å². The number of benzene rings is 2. The van der Waals surface area contributed by atoms with Gasteiger partial charge < -0.3 is 4.57 Å². The number of rotatable bonds is 3. The quantitative estimate of drug-likeness (QED) is 0.632. The SMILES string of the molecule is CCn1cnc(N=Nc2ccc3ccccc3c2)c1. The van der Waals surface area contributed by atoms with Crippen LogP contribution in [0.5, 0.6) is 0 Å². The Morgan fingerprint density at radius 2 is 1.89 bits per heavy atom. The number of aryl methyl sites for hydroxylation is 1. The molecule has 19 heavy (non-hydrogen) atoms. The molecule has 3 aromatic rings. The van der Waals surface area contributed by atoms with Gasteiger partial charge in [0, 0.05) is 6.54 Å². The van der Waals surface area contributed by atoms with E-state index in [1.165, 1.54) is 5.39 Å². The molecule has 1 heterocycles. The molecular formula is C15H14N4. The third-order valence-corrected chi connectivity index (χ3v) is 2.99. The van der Waals surface area contributed by atoms with Crippen LogP contribution in [-0.2, 0) is 6.54 Å². The predicted molar refractivity (Wildman–Crippen MR) is 76.0 cm³/mol. The predicted octanol–water partition coefficient (Wildman–Crippen LogP) is 4.47. The second kappa shape index (κ2) is 5.02. The molecule has 0 unspecified atom stereocenters. The van der Waals surface area contributed by atoms with E-state index in [4.69, 9.17) is 0 Å². The normalized spacial score (nSPS) is 11.4. The minimum absolute atomic E-state index is 0.634. The average molecular weight is 250 g/mol. The van der Waals surface area contributed by atoms with Crippen molar-refractivity contribution in [3.63, 3.8) is 0 Å². The fraction of sp³-hybridized carbons (Fsp3) is 0.133. The van der Waals surface area contributed by atoms with Crippen LogP contribution in [-0.4, -0.2) is 9.55 Å². The molecule has 3 rings (SSSR count). The Hall–Kier alpha value is -2.49. The smallest absolute Gasteiger partial charge is 0.192 e. The van der Waals surface area contributed by atoms with Crippen LogP contribution in [0.4, 0.5) is 11.5 Å². The maximum atomic E-state index is 4.22. The van der Waals surface area contributed by atoms with E-state index in [-0.39, 0.29) is 0 Å². The van der Waals surface area contributed by atoms with E-state index in [0.717, 1.165) is 17.6 Å². The number of hydrogen-bond donors (Lipinski definition) is 0. The van der Waals surface area contributed by atoms with Crippen LogP contribution in [0.15, 0.2) is 65.2 Å². The number of azo groups is 1. The first-order chi connectivity index (χ1) is 9.35. The highest BCUT2D eigenvalue weighted by atomic mass is 15.2. The lowest BCUT2D eigenvalue weighted by atomic mass is 10.1. The summed E-state index contributed by atoms with van der Waals surface area (Å²) >= 11 is 0. The molecule has 0 atom stereocenters. The summed E-state index contributed by atoms with van der Waals surface area (Å²) in [5.74, 6) is 0.634. The van der Waals surface area contributed by atoms with Crippen molar-refractivity contribution >= 4 is 22.3 Å². The third-order valence-electron chi connectivity index (χ3n) is 2.99. The Morgan fingerprint density at radius 1 is 1.05 bits per heavy atom. The summed E-state index contributed by atoms with van der Waals surface area (Å²) in [6.07, 6.45) is 3.64. The zero-order valence-electron chi connectivity index (χ0n) is 10.7. The fourth-order valence-electron chi connectivity index (χ4n) is 1.92. The summed E-state index contributed by atoms with van der Waals surface area (Å²) in [4.78, 5) is 4.17. The van der Waals surface area contributed by atoms with Crippen LogP contribution in [0, 0.1) is 0 Å². The Bertz CT molecular complexity index is 728. The Morgan fingerprint density at radius 3 is 2.68 bits per heavy atom. The highest BCUT2D eigenvalue weighted by Gasteiger charge is 1.97. The summed E-state index contributed by atoms with van der Waals surface area (Å²) in [7, 11) is 0. The van der Waals surface area contributed by atoms with Gasteiger partial charge >= 0.3 is 0 Å². The van der Waals surface area contributed by atoms with Gasteiger partial charge in [0.05, 0.1) is 18.2 Å². The number of fused-ring (bicyclic) bond motifs is 1. The molecule has 4 nitrogen and oxygen atoms in total. The zero-order chi connectivity index (χ0) is 13.1. The Balaban J connectivity index is 1.88. The summed E-state index contributed by atoms with van der Waals surface area (Å²) in [5, 5.41) is 10.7. The first kappa shape index (κ1) is 11.6. The highest BCUT2D eigenvalue weighted by molar-refractivity contribution is 5.85. The van der Waals surface area contributed by atoms with Gasteiger partial charge in [-0.2, -0.15) is 0 Å². The van der Waals surface area contributed by atoms with Gasteiger partial charge in [-0.3, -0.25) is 0 Å². The third kappa shape index (κ3) is 2.52. The van der Waals surface area contributed by atoms with Gasteiger partial charge in [0.2, 0.25) is 0 Å². The van der Waals surface area contributed by atoms with Crippen LogP contribution in [0.1, 0.15) is 6.92 Å². The van der Waals surface area contributed by atoms with Gasteiger partial charge in [-0.1, -0.05) is 30.3 Å². The summed E-state index contributed by atoms with van der Waals surface area (Å²) in [6.45, 7) is 2.95. The van der Waals surface area contributed by atoms with E-state index in [1.807, 2.05) is 41.1 Å². The van der Waals surface area contributed by atoms with Crippen molar-refractivity contribution in [2.75, 3.05) is 0 Å². The van der Waals surface area contributed by atoms with Crippen molar-refractivity contribution in [1.82, 2.24) is 9.55 Å². The van der Waals surface area contributed by atoms with Crippen LogP contribution >= 0.6 is 0 Å². The molecule has 0 amide bonds. The number of nitrogens with zero attached hydrogens (tertiary/aromatic N) is 4. The molecule has 94 valence electrons. The van der Waals surface area contributed by atoms with Gasteiger partial charge in [-0.05, 0) is 29.8 Å². The molecular weight excluding hydrogens is 236 g/mol. The summed E-state index contributed by atoms with van der Waals surface area (Å²) in [6, 6.07) is 14.2. The standard InChI is InChI=1S/C15H14N4/c1-2-19-10-15(16-11-19)18-17-14-8-7-12-5-3-4-6-13(12)9-14/h3-11H,2H2,1H3. The molecule has 0 saturated heterocycles. The first-order valence-corrected chi connectivity index (χ1v) is 6.27. The lowest BCUT2D eigenvalue weighted by Crippen LogP contribution is -1.86. The van der Waals surface area contributed by atoms with Crippen molar-refractivity contribution in [3.05, 3.63) is 55.0 Å². The molecule has 1 aromatic heterocycles. The first-order valence-electron chi connectivity index (χ1n) is 6.27. The van der Waals surface area contributed by atoms with E-state index in [0.29, 0.717) is 5.82 Å². The van der Waals surface area contributed by atoms with Crippen LogP contribution < -0.4 is 0 Å². The lowest BCUT2D eigenvalue weighted by Gasteiger charge is -1.97. The van der Waals surface area contributed by atoms with E-state index < -0.39 is 0 Å². The molecule has 0 spiro atoms. The van der Waals surface area contributed by atoms with Crippen LogP contribution in [0.2, 0.25) is 0 Å². The topological polar surface area (TPSA) is 42.5 Å². The fourth-order valence-corrected chi connectivity index (χ4v) is 1.92. The maximum Gasteiger partial charge on any atom is 0.192 e. The van der Waals surface area contributed by atoms with Crippen LogP contribution in [0.25, 0.3) is 10.8 Å². The largest absolute Gasteiger partial charge is 0.335 e. The highest BCUT2D eigenvalue weighted by Crippen LogP contribution is 2.22. The zero-order valence-corrected chi connectivity index (χ0v) is 10.7. The molecule has 0 bridgehead atoms. The van der Waals surface area contributed by atoms with Gasteiger partial charge in [0.25, 0.3) is 0 Å². The van der Waals surface area contributed by atoms with Crippen molar-refractivity contribution in [1.29, 1.82) is 0 Å². The summed E-state index contributed by atoms with van der Waals surface area (Å²) in [5.41, 5.74) is 0.838. The molecule has 0 saturated carbocycles. The van der Waals surface area contributed by atoms with Gasteiger partial charge in [-0.25, -0.2) is 4.98 Å². The molecule has 0 aliphatic rings. The van der Waals surface area contributed by atoms with E-state index >= 15 is 0 Å². The second-order valence-corrected chi connectivity index (χ2v) is 4.29. The number of hydrogen-bond acceptors (Lipinski definition) is 3. The van der Waals surface area contributed by atoms with E-state index in [9.17, 15) is 0 Å². The molecule has 0 fully saturated rings. The van der Waals surface area contributed by atoms with Crippen molar-refractivity contribution in [3.8, 4) is 0 Å². The monoisotopic (exact) mass is 250 g/mol. The van der Waals surface area contributed by atoms with Crippen LogP contribution in [0.3, 0.4) is 0 Å². The molecule has 0 aliphatic carbocycles. The molecule has 0 radical (unpaired) electrons. The Kier molecular flexibility index (Phi) is 3.06. The number of aromatic nitrogens is 2. The van der Waals surface area contributed by atoms with Crippen molar-refractivity contribution in [2.45, 2.75) is 13.5 Å². The second-order valence-electron chi connectivity index (χ2n) is 4.29. The Labute approximate surface area is 111 Å². The maximum absolute atomic E-state index is 4.22. The number of imidazole rings is 1. The van der Waals surface area contributed by atoms with Gasteiger partial charge in [0.15, 0.2) is 5.82 Å². The minimum Gasteiger partial charge on any atom is -0.335 e. The van der Waals surface area contributed by atoms with E-state index in [1.54, 1.807) is 6.33 Å². The lowest BCUT2D eigenvalue weighted by molar-refractivity contribution is 0.761. The average Bonchev–Trinajstić information content (AvgIpc) is 2.93. The van der Waals surface area contributed by atoms with Gasteiger partial charge in [0.1, 0.15) is 0 Å². The summed E-state index contributed by atoms with van der Waals surface area (Å²) < 4.78 is 1.97. The minimum atomic E-state index is 0.634. The molecule has 0 N–H and O–H groups in total.